The van der Waals surface area contributed by atoms with Crippen LogP contribution in [0, 0.1) is 19.7 Å². The van der Waals surface area contributed by atoms with Gasteiger partial charge in [-0.05, 0) is 44.7 Å². The molecule has 162 valence electrons. The smallest absolute Gasteiger partial charge is 0.256 e. The number of hydrogen-bond acceptors (Lipinski definition) is 4. The van der Waals surface area contributed by atoms with Crippen molar-refractivity contribution in [1.29, 1.82) is 0 Å². The van der Waals surface area contributed by atoms with E-state index in [1.807, 2.05) is 30.3 Å². The zero-order valence-corrected chi connectivity index (χ0v) is 19.0. The molecule has 4 nitrogen and oxygen atoms in total. The first kappa shape index (κ1) is 21.7. The Morgan fingerprint density at radius 2 is 1.65 bits per heavy atom. The van der Waals surface area contributed by atoms with E-state index >= 15 is 4.39 Å². The number of halogens is 1. The highest BCUT2D eigenvalue weighted by Crippen LogP contribution is 2.43. The van der Waals surface area contributed by atoms with E-state index in [0.717, 1.165) is 47.2 Å². The Bertz CT molecular complexity index is 1060. The molecular formula is C25H28FN3OS. The van der Waals surface area contributed by atoms with Gasteiger partial charge in [0.05, 0.1) is 6.04 Å². The number of carbonyl (C=O) groups excluding carboxylic acids is 1. The lowest BCUT2D eigenvalue weighted by Gasteiger charge is -2.39. The van der Waals surface area contributed by atoms with Crippen LogP contribution in [0.15, 0.2) is 54.6 Å². The Kier molecular flexibility index (Phi) is 6.51. The summed E-state index contributed by atoms with van der Waals surface area (Å²) in [5.74, 6) is -0.358. The summed E-state index contributed by atoms with van der Waals surface area (Å²) in [5.41, 5.74) is 3.38. The summed E-state index contributed by atoms with van der Waals surface area (Å²) in [4.78, 5) is 18.7. The standard InChI is InChI=1S/C25H28FN3OS/c1-17-18(2)31-25(27-24(30)19-9-5-4-6-10-19)22(17)23(20-11-7-8-12-21(20)26)29-15-13-28(3)14-16-29/h4-12,23H,13-16H2,1-3H3,(H,27,30)/t23-/m1/s1. The van der Waals surface area contributed by atoms with Crippen LogP contribution in [-0.2, 0) is 0 Å². The molecule has 0 unspecified atom stereocenters. The van der Waals surface area contributed by atoms with Crippen molar-refractivity contribution < 1.29 is 9.18 Å². The molecule has 1 aliphatic heterocycles. The van der Waals surface area contributed by atoms with Gasteiger partial charge in [-0.25, -0.2) is 4.39 Å². The van der Waals surface area contributed by atoms with E-state index in [-0.39, 0.29) is 17.8 Å². The molecule has 1 amide bonds. The third kappa shape index (κ3) is 4.56. The Morgan fingerprint density at radius 3 is 2.32 bits per heavy atom. The molecule has 0 aliphatic carbocycles. The van der Waals surface area contributed by atoms with Gasteiger partial charge in [0.15, 0.2) is 0 Å². The normalized spacial score (nSPS) is 16.3. The van der Waals surface area contributed by atoms with Gasteiger partial charge in [-0.3, -0.25) is 9.69 Å². The van der Waals surface area contributed by atoms with Gasteiger partial charge in [-0.15, -0.1) is 11.3 Å². The number of piperazine rings is 1. The first-order valence-electron chi connectivity index (χ1n) is 10.6. The minimum atomic E-state index is -0.245. The molecule has 1 fully saturated rings. The summed E-state index contributed by atoms with van der Waals surface area (Å²) in [6.45, 7) is 7.68. The molecule has 0 spiro atoms. The van der Waals surface area contributed by atoms with Crippen LogP contribution in [0.1, 0.15) is 38.0 Å². The van der Waals surface area contributed by atoms with E-state index in [1.54, 1.807) is 29.5 Å². The van der Waals surface area contributed by atoms with Crippen LogP contribution in [0.25, 0.3) is 0 Å². The number of nitrogens with zero attached hydrogens (tertiary/aromatic N) is 2. The molecule has 2 aromatic carbocycles. The molecule has 31 heavy (non-hydrogen) atoms. The zero-order chi connectivity index (χ0) is 22.0. The molecule has 0 saturated carbocycles. The van der Waals surface area contributed by atoms with Gasteiger partial charge in [0.2, 0.25) is 0 Å². The number of anilines is 1. The number of carbonyl (C=O) groups is 1. The summed E-state index contributed by atoms with van der Waals surface area (Å²) in [7, 11) is 2.11. The molecule has 6 heteroatoms. The van der Waals surface area contributed by atoms with Crippen molar-refractivity contribution in [3.8, 4) is 0 Å². The Balaban J connectivity index is 1.78. The fourth-order valence-electron chi connectivity index (χ4n) is 4.14. The number of thiophene rings is 1. The van der Waals surface area contributed by atoms with Crippen LogP contribution in [0.4, 0.5) is 9.39 Å². The van der Waals surface area contributed by atoms with Crippen molar-refractivity contribution in [2.75, 3.05) is 38.5 Å². The van der Waals surface area contributed by atoms with Crippen molar-refractivity contribution in [1.82, 2.24) is 9.80 Å². The van der Waals surface area contributed by atoms with E-state index in [1.165, 1.54) is 6.07 Å². The Labute approximate surface area is 187 Å². The minimum Gasteiger partial charge on any atom is -0.313 e. The van der Waals surface area contributed by atoms with Gasteiger partial charge >= 0.3 is 0 Å². The van der Waals surface area contributed by atoms with Crippen LogP contribution in [0.5, 0.6) is 0 Å². The molecule has 2 heterocycles. The van der Waals surface area contributed by atoms with Crippen LogP contribution in [0.2, 0.25) is 0 Å². The van der Waals surface area contributed by atoms with E-state index in [0.29, 0.717) is 11.1 Å². The summed E-state index contributed by atoms with van der Waals surface area (Å²) in [6.07, 6.45) is 0. The molecule has 1 atom stereocenters. The number of amides is 1. The lowest BCUT2D eigenvalue weighted by Crippen LogP contribution is -2.46. The number of rotatable bonds is 5. The monoisotopic (exact) mass is 437 g/mol. The molecular weight excluding hydrogens is 409 g/mol. The maximum Gasteiger partial charge on any atom is 0.256 e. The predicted molar refractivity (Wildman–Crippen MR) is 126 cm³/mol. The molecule has 1 aromatic heterocycles. The maximum absolute atomic E-state index is 15.0. The van der Waals surface area contributed by atoms with Gasteiger partial charge in [0.25, 0.3) is 5.91 Å². The highest BCUT2D eigenvalue weighted by molar-refractivity contribution is 7.16. The molecule has 1 N–H and O–H groups in total. The third-order valence-corrected chi connectivity index (χ3v) is 7.21. The lowest BCUT2D eigenvalue weighted by molar-refractivity contribution is 0.102. The highest BCUT2D eigenvalue weighted by atomic mass is 32.1. The molecule has 0 radical (unpaired) electrons. The largest absolute Gasteiger partial charge is 0.313 e. The first-order chi connectivity index (χ1) is 15.0. The molecule has 1 aliphatic rings. The van der Waals surface area contributed by atoms with E-state index < -0.39 is 0 Å². The maximum atomic E-state index is 15.0. The van der Waals surface area contributed by atoms with Crippen LogP contribution >= 0.6 is 11.3 Å². The molecule has 4 rings (SSSR count). The highest BCUT2D eigenvalue weighted by Gasteiger charge is 2.32. The second-order valence-corrected chi connectivity index (χ2v) is 9.33. The van der Waals surface area contributed by atoms with E-state index in [9.17, 15) is 4.79 Å². The van der Waals surface area contributed by atoms with Crippen molar-refractivity contribution in [2.45, 2.75) is 19.9 Å². The number of likely N-dealkylation sites (N-methyl/N-ethyl adjacent to an activating group) is 1. The van der Waals surface area contributed by atoms with Crippen LogP contribution in [-0.4, -0.2) is 48.9 Å². The number of aryl methyl sites for hydroxylation is 1. The van der Waals surface area contributed by atoms with Gasteiger partial charge in [0.1, 0.15) is 10.8 Å². The van der Waals surface area contributed by atoms with Gasteiger partial charge in [0, 0.05) is 47.7 Å². The molecule has 0 bridgehead atoms. The Morgan fingerprint density at radius 1 is 1.00 bits per heavy atom. The minimum absolute atomic E-state index is 0.145. The van der Waals surface area contributed by atoms with Gasteiger partial charge in [-0.2, -0.15) is 0 Å². The zero-order valence-electron chi connectivity index (χ0n) is 18.2. The quantitative estimate of drug-likeness (QED) is 0.604. The average Bonchev–Trinajstić information content (AvgIpc) is 3.05. The second-order valence-electron chi connectivity index (χ2n) is 8.11. The van der Waals surface area contributed by atoms with Crippen LogP contribution in [0.3, 0.4) is 0 Å². The summed E-state index contributed by atoms with van der Waals surface area (Å²) in [5, 5.41) is 3.93. The summed E-state index contributed by atoms with van der Waals surface area (Å²) < 4.78 is 15.0. The summed E-state index contributed by atoms with van der Waals surface area (Å²) >= 11 is 1.57. The first-order valence-corrected chi connectivity index (χ1v) is 11.4. The van der Waals surface area contributed by atoms with E-state index in [2.05, 4.69) is 36.0 Å². The lowest BCUT2D eigenvalue weighted by atomic mass is 9.94. The fourth-order valence-corrected chi connectivity index (χ4v) is 5.23. The number of hydrogen-bond donors (Lipinski definition) is 1. The van der Waals surface area contributed by atoms with Gasteiger partial charge in [-0.1, -0.05) is 36.4 Å². The number of nitrogens with one attached hydrogen (secondary N) is 1. The SMILES string of the molecule is Cc1sc(NC(=O)c2ccccc2)c([C@@H](c2ccccc2F)N2CCN(C)CC2)c1C. The fraction of sp³-hybridized carbons (Fsp3) is 0.320. The Hall–Kier alpha value is -2.54. The average molecular weight is 438 g/mol. The van der Waals surface area contributed by atoms with Crippen molar-refractivity contribution in [3.05, 3.63) is 87.5 Å². The molecule has 3 aromatic rings. The van der Waals surface area contributed by atoms with E-state index in [4.69, 9.17) is 0 Å². The van der Waals surface area contributed by atoms with Crippen molar-refractivity contribution in [2.24, 2.45) is 0 Å². The van der Waals surface area contributed by atoms with Crippen molar-refractivity contribution >= 4 is 22.2 Å². The van der Waals surface area contributed by atoms with Crippen LogP contribution < -0.4 is 5.32 Å². The van der Waals surface area contributed by atoms with Crippen molar-refractivity contribution in [3.63, 3.8) is 0 Å². The summed E-state index contributed by atoms with van der Waals surface area (Å²) in [6, 6.07) is 16.0. The second kappa shape index (κ2) is 9.30. The third-order valence-electron chi connectivity index (χ3n) is 6.07. The predicted octanol–water partition coefficient (Wildman–Crippen LogP) is 5.09. The number of benzene rings is 2. The topological polar surface area (TPSA) is 35.6 Å². The molecule has 1 saturated heterocycles. The van der Waals surface area contributed by atoms with Gasteiger partial charge < -0.3 is 10.2 Å².